The molecule has 3 amide bonds. The Morgan fingerprint density at radius 3 is 2.23 bits per heavy atom. The van der Waals surface area contributed by atoms with Crippen LogP contribution in [0.1, 0.15) is 18.9 Å². The standard InChI is InChI=1S/C20H23N3O6S/c1-14(19(25)23-20(26)22-16-6-4-3-5-7-16)29-18(24)13-10-15-8-11-17(12-9-15)30(27,28)21-2/h3-9,11-12,14,21H,10,13H2,1-2H3,(H2,22,23,25,26). The van der Waals surface area contributed by atoms with Gasteiger partial charge in [-0.3, -0.25) is 14.9 Å². The number of imide groups is 1. The lowest BCUT2D eigenvalue weighted by atomic mass is 10.1. The molecule has 10 heteroatoms. The van der Waals surface area contributed by atoms with E-state index in [-0.39, 0.29) is 11.3 Å². The zero-order chi connectivity index (χ0) is 22.1. The van der Waals surface area contributed by atoms with Crippen LogP contribution >= 0.6 is 0 Å². The van der Waals surface area contributed by atoms with Crippen LogP contribution in [0.5, 0.6) is 0 Å². The molecule has 0 aromatic heterocycles. The molecule has 30 heavy (non-hydrogen) atoms. The van der Waals surface area contributed by atoms with Crippen molar-refractivity contribution in [3.8, 4) is 0 Å². The third kappa shape index (κ3) is 6.98. The summed E-state index contributed by atoms with van der Waals surface area (Å²) in [5.74, 6) is -1.37. The molecule has 1 unspecified atom stereocenters. The van der Waals surface area contributed by atoms with Gasteiger partial charge in [-0.05, 0) is 50.2 Å². The average Bonchev–Trinajstić information content (AvgIpc) is 2.73. The first-order chi connectivity index (χ1) is 14.2. The highest BCUT2D eigenvalue weighted by Crippen LogP contribution is 2.12. The van der Waals surface area contributed by atoms with Gasteiger partial charge in [-0.2, -0.15) is 0 Å². The van der Waals surface area contributed by atoms with Crippen LogP contribution in [-0.2, 0) is 30.8 Å². The average molecular weight is 433 g/mol. The van der Waals surface area contributed by atoms with Gasteiger partial charge in [-0.15, -0.1) is 0 Å². The van der Waals surface area contributed by atoms with Gasteiger partial charge in [-0.25, -0.2) is 17.9 Å². The number of ether oxygens (including phenoxy) is 1. The Kier molecular flexibility index (Phi) is 8.07. The lowest BCUT2D eigenvalue weighted by molar-refractivity contribution is -0.154. The molecule has 0 spiro atoms. The summed E-state index contributed by atoms with van der Waals surface area (Å²) in [6, 6.07) is 13.9. The molecule has 0 bridgehead atoms. The quantitative estimate of drug-likeness (QED) is 0.544. The number of hydrogen-bond donors (Lipinski definition) is 3. The second kappa shape index (κ2) is 10.5. The normalized spacial score (nSPS) is 11.9. The third-order valence-electron chi connectivity index (χ3n) is 4.07. The van der Waals surface area contributed by atoms with Gasteiger partial charge in [-0.1, -0.05) is 30.3 Å². The molecule has 0 saturated carbocycles. The molecule has 0 aliphatic rings. The van der Waals surface area contributed by atoms with Crippen LogP contribution in [0.3, 0.4) is 0 Å². The van der Waals surface area contributed by atoms with E-state index >= 15 is 0 Å². The minimum atomic E-state index is -3.52. The Balaban J connectivity index is 1.78. The number of anilines is 1. The van der Waals surface area contributed by atoms with Crippen molar-refractivity contribution in [3.05, 3.63) is 60.2 Å². The van der Waals surface area contributed by atoms with Gasteiger partial charge in [0.25, 0.3) is 5.91 Å². The largest absolute Gasteiger partial charge is 0.453 e. The number of nitrogens with one attached hydrogen (secondary N) is 3. The second-order valence-electron chi connectivity index (χ2n) is 6.29. The van der Waals surface area contributed by atoms with Gasteiger partial charge >= 0.3 is 12.0 Å². The third-order valence-corrected chi connectivity index (χ3v) is 5.50. The van der Waals surface area contributed by atoms with Crippen molar-refractivity contribution in [2.45, 2.75) is 30.8 Å². The van der Waals surface area contributed by atoms with E-state index in [9.17, 15) is 22.8 Å². The minimum Gasteiger partial charge on any atom is -0.453 e. The van der Waals surface area contributed by atoms with Gasteiger partial charge in [0.05, 0.1) is 4.90 Å². The van der Waals surface area contributed by atoms with Crippen LogP contribution in [0.2, 0.25) is 0 Å². The maximum atomic E-state index is 12.0. The number of esters is 1. The topological polar surface area (TPSA) is 131 Å². The number of sulfonamides is 1. The molecule has 9 nitrogen and oxygen atoms in total. The van der Waals surface area contributed by atoms with Gasteiger partial charge in [0, 0.05) is 12.1 Å². The summed E-state index contributed by atoms with van der Waals surface area (Å²) in [6.45, 7) is 1.36. The molecule has 2 aromatic carbocycles. The molecule has 160 valence electrons. The summed E-state index contributed by atoms with van der Waals surface area (Å²) < 4.78 is 30.6. The maximum Gasteiger partial charge on any atom is 0.325 e. The van der Waals surface area contributed by atoms with Crippen LogP contribution in [0.4, 0.5) is 10.5 Å². The van der Waals surface area contributed by atoms with E-state index in [0.717, 1.165) is 5.56 Å². The van der Waals surface area contributed by atoms with Gasteiger partial charge in [0.2, 0.25) is 10.0 Å². The SMILES string of the molecule is CNS(=O)(=O)c1ccc(CCC(=O)OC(C)C(=O)NC(=O)Nc2ccccc2)cc1. The Labute approximate surface area is 174 Å². The van der Waals surface area contributed by atoms with Crippen LogP contribution in [0.15, 0.2) is 59.5 Å². The van der Waals surface area contributed by atoms with Crippen molar-refractivity contribution in [3.63, 3.8) is 0 Å². The first kappa shape index (κ1) is 23.0. The zero-order valence-electron chi connectivity index (χ0n) is 16.5. The molecule has 0 aliphatic heterocycles. The van der Waals surface area contributed by atoms with Crippen LogP contribution in [0.25, 0.3) is 0 Å². The fourth-order valence-electron chi connectivity index (χ4n) is 2.41. The highest BCUT2D eigenvalue weighted by atomic mass is 32.2. The molecule has 1 atom stereocenters. The summed E-state index contributed by atoms with van der Waals surface area (Å²) in [7, 11) is -2.20. The zero-order valence-corrected chi connectivity index (χ0v) is 17.4. The molecule has 0 aliphatic carbocycles. The fraction of sp³-hybridized carbons (Fsp3) is 0.250. The molecule has 0 saturated heterocycles. The molecular weight excluding hydrogens is 410 g/mol. The van der Waals surface area contributed by atoms with Crippen molar-refractivity contribution >= 4 is 33.6 Å². The number of aryl methyl sites for hydroxylation is 1. The smallest absolute Gasteiger partial charge is 0.325 e. The molecule has 0 heterocycles. The second-order valence-corrected chi connectivity index (χ2v) is 8.18. The van der Waals surface area contributed by atoms with E-state index in [4.69, 9.17) is 4.74 Å². The summed E-state index contributed by atoms with van der Waals surface area (Å²) in [4.78, 5) is 35.9. The number of benzene rings is 2. The number of carbonyl (C=O) groups excluding carboxylic acids is 3. The van der Waals surface area contributed by atoms with E-state index in [1.807, 2.05) is 0 Å². The van der Waals surface area contributed by atoms with Crippen LogP contribution in [0, 0.1) is 0 Å². The number of urea groups is 1. The molecule has 2 aromatic rings. The summed E-state index contributed by atoms with van der Waals surface area (Å²) in [5.41, 5.74) is 1.25. The Morgan fingerprint density at radius 2 is 1.63 bits per heavy atom. The first-order valence-electron chi connectivity index (χ1n) is 9.10. The van der Waals surface area contributed by atoms with Gasteiger partial charge in [0.15, 0.2) is 6.10 Å². The number of para-hydroxylation sites is 1. The summed E-state index contributed by atoms with van der Waals surface area (Å²) >= 11 is 0. The number of rotatable bonds is 8. The van der Waals surface area contributed by atoms with E-state index in [0.29, 0.717) is 12.1 Å². The summed E-state index contributed by atoms with van der Waals surface area (Å²) in [6.07, 6.45) is -0.852. The monoisotopic (exact) mass is 433 g/mol. The number of carbonyl (C=O) groups is 3. The van der Waals surface area contributed by atoms with Crippen molar-refractivity contribution in [1.29, 1.82) is 0 Å². The van der Waals surface area contributed by atoms with Crippen molar-refractivity contribution in [2.75, 3.05) is 12.4 Å². The Hall–Kier alpha value is -3.24. The van der Waals surface area contributed by atoms with Crippen molar-refractivity contribution in [2.24, 2.45) is 0 Å². The minimum absolute atomic E-state index is 0.00798. The van der Waals surface area contributed by atoms with E-state index in [1.54, 1.807) is 42.5 Å². The molecule has 0 radical (unpaired) electrons. The molecule has 2 rings (SSSR count). The molecule has 3 N–H and O–H groups in total. The van der Waals surface area contributed by atoms with Crippen molar-refractivity contribution < 1.29 is 27.5 Å². The lowest BCUT2D eigenvalue weighted by Gasteiger charge is -2.13. The van der Waals surface area contributed by atoms with E-state index in [1.165, 1.54) is 26.1 Å². The lowest BCUT2D eigenvalue weighted by Crippen LogP contribution is -2.41. The Morgan fingerprint density at radius 1 is 1.00 bits per heavy atom. The highest BCUT2D eigenvalue weighted by Gasteiger charge is 2.20. The van der Waals surface area contributed by atoms with Gasteiger partial charge in [0.1, 0.15) is 0 Å². The van der Waals surface area contributed by atoms with Crippen LogP contribution in [-0.4, -0.2) is 39.5 Å². The predicted octanol–water partition coefficient (Wildman–Crippen LogP) is 1.81. The van der Waals surface area contributed by atoms with Gasteiger partial charge < -0.3 is 10.1 Å². The predicted molar refractivity (Wildman–Crippen MR) is 110 cm³/mol. The van der Waals surface area contributed by atoms with Crippen LogP contribution < -0.4 is 15.4 Å². The van der Waals surface area contributed by atoms with E-state index < -0.39 is 34.0 Å². The molecule has 0 fully saturated rings. The summed E-state index contributed by atoms with van der Waals surface area (Å²) in [5, 5.41) is 4.59. The van der Waals surface area contributed by atoms with E-state index in [2.05, 4.69) is 15.4 Å². The maximum absolute atomic E-state index is 12.0. The molecular formula is C20H23N3O6S. The number of hydrogen-bond acceptors (Lipinski definition) is 6. The number of amides is 3. The Bertz CT molecular complexity index is 991. The first-order valence-corrected chi connectivity index (χ1v) is 10.6. The fourth-order valence-corrected chi connectivity index (χ4v) is 3.14. The highest BCUT2D eigenvalue weighted by molar-refractivity contribution is 7.89. The van der Waals surface area contributed by atoms with Crippen molar-refractivity contribution in [1.82, 2.24) is 10.0 Å².